The molecule has 0 aliphatic heterocycles. The number of hydrogen-bond donors (Lipinski definition) is 2. The molecule has 150 valence electrons. The summed E-state index contributed by atoms with van der Waals surface area (Å²) < 4.78 is 5.89. The topological polar surface area (TPSA) is 58.5 Å². The van der Waals surface area contributed by atoms with Gasteiger partial charge in [-0.25, -0.2) is 4.98 Å². The zero-order valence-electron chi connectivity index (χ0n) is 16.6. The van der Waals surface area contributed by atoms with Gasteiger partial charge in [-0.15, -0.1) is 35.3 Å². The lowest BCUT2D eigenvalue weighted by atomic mass is 10.1. The first-order chi connectivity index (χ1) is 12.6. The van der Waals surface area contributed by atoms with Crippen molar-refractivity contribution in [2.45, 2.75) is 39.7 Å². The van der Waals surface area contributed by atoms with Crippen LogP contribution in [-0.2, 0) is 11.2 Å². The van der Waals surface area contributed by atoms with Crippen molar-refractivity contribution in [1.82, 2.24) is 15.6 Å². The molecule has 1 heterocycles. The Morgan fingerprint density at radius 3 is 2.52 bits per heavy atom. The maximum Gasteiger partial charge on any atom is 0.190 e. The normalized spacial score (nSPS) is 12.4. The maximum atomic E-state index is 5.89. The van der Waals surface area contributed by atoms with Crippen molar-refractivity contribution in [2.75, 3.05) is 26.7 Å². The molecule has 0 spiro atoms. The molecule has 5 nitrogen and oxygen atoms in total. The van der Waals surface area contributed by atoms with Crippen molar-refractivity contribution in [2.24, 2.45) is 4.99 Å². The van der Waals surface area contributed by atoms with Crippen LogP contribution in [0, 0.1) is 13.8 Å². The number of nitrogens with one attached hydrogen (secondary N) is 2. The van der Waals surface area contributed by atoms with Crippen LogP contribution in [0.3, 0.4) is 0 Å². The van der Waals surface area contributed by atoms with Gasteiger partial charge < -0.3 is 15.4 Å². The molecule has 0 fully saturated rings. The maximum absolute atomic E-state index is 5.89. The highest BCUT2D eigenvalue weighted by Crippen LogP contribution is 2.16. The highest BCUT2D eigenvalue weighted by Gasteiger charge is 2.05. The Hall–Kier alpha value is -1.19. The standard InChI is InChI=1S/C20H30N4OS.HI/c1-15-17(3)26-19(24-15)11-13-23-20(21-4)22-12-8-14-25-16(2)18-9-6-5-7-10-18;/h5-7,9-10,16H,8,11-14H2,1-4H3,(H2,21,22,23);1H. The van der Waals surface area contributed by atoms with E-state index in [1.165, 1.54) is 15.4 Å². The smallest absolute Gasteiger partial charge is 0.190 e. The second-order valence-corrected chi connectivity index (χ2v) is 7.49. The Kier molecular flexibility index (Phi) is 11.5. The van der Waals surface area contributed by atoms with Gasteiger partial charge in [-0.2, -0.15) is 0 Å². The van der Waals surface area contributed by atoms with Gasteiger partial charge in [0.1, 0.15) is 0 Å². The molecule has 0 saturated heterocycles. The van der Waals surface area contributed by atoms with Crippen molar-refractivity contribution in [1.29, 1.82) is 0 Å². The van der Waals surface area contributed by atoms with Gasteiger partial charge in [-0.05, 0) is 32.8 Å². The first-order valence-corrected chi connectivity index (χ1v) is 9.95. The van der Waals surface area contributed by atoms with Gasteiger partial charge in [0.2, 0.25) is 0 Å². The fourth-order valence-corrected chi connectivity index (χ4v) is 3.45. The van der Waals surface area contributed by atoms with Crippen molar-refractivity contribution >= 4 is 41.3 Å². The molecule has 0 radical (unpaired) electrons. The average Bonchev–Trinajstić information content (AvgIpc) is 2.98. The van der Waals surface area contributed by atoms with Gasteiger partial charge >= 0.3 is 0 Å². The molecule has 0 aliphatic carbocycles. The summed E-state index contributed by atoms with van der Waals surface area (Å²) >= 11 is 1.77. The van der Waals surface area contributed by atoms with E-state index in [0.717, 1.165) is 44.2 Å². The van der Waals surface area contributed by atoms with E-state index in [1.807, 2.05) is 18.2 Å². The van der Waals surface area contributed by atoms with E-state index in [9.17, 15) is 0 Å². The Morgan fingerprint density at radius 1 is 1.19 bits per heavy atom. The van der Waals surface area contributed by atoms with Crippen LogP contribution in [0.15, 0.2) is 35.3 Å². The highest BCUT2D eigenvalue weighted by atomic mass is 127. The third-order valence-corrected chi connectivity index (χ3v) is 5.31. The number of aliphatic imine (C=N–C) groups is 1. The number of rotatable bonds is 9. The fraction of sp³-hybridized carbons (Fsp3) is 0.500. The predicted octanol–water partition coefficient (Wildman–Crippen LogP) is 4.25. The first-order valence-electron chi connectivity index (χ1n) is 9.14. The zero-order valence-corrected chi connectivity index (χ0v) is 19.8. The molecule has 0 aliphatic rings. The van der Waals surface area contributed by atoms with Crippen LogP contribution >= 0.6 is 35.3 Å². The minimum absolute atomic E-state index is 0. The Labute approximate surface area is 184 Å². The number of nitrogens with zero attached hydrogens (tertiary/aromatic N) is 2. The van der Waals surface area contributed by atoms with Gasteiger partial charge in [0.05, 0.1) is 16.8 Å². The summed E-state index contributed by atoms with van der Waals surface area (Å²) in [5.41, 5.74) is 2.35. The van der Waals surface area contributed by atoms with Crippen LogP contribution in [0.5, 0.6) is 0 Å². The van der Waals surface area contributed by atoms with Crippen LogP contribution in [0.1, 0.15) is 40.6 Å². The predicted molar refractivity (Wildman–Crippen MR) is 125 cm³/mol. The van der Waals surface area contributed by atoms with Crippen LogP contribution in [0.2, 0.25) is 0 Å². The number of aryl methyl sites for hydroxylation is 2. The van der Waals surface area contributed by atoms with E-state index in [1.54, 1.807) is 18.4 Å². The molecule has 2 aromatic rings. The summed E-state index contributed by atoms with van der Waals surface area (Å²) in [6, 6.07) is 10.3. The second-order valence-electron chi connectivity index (χ2n) is 6.20. The molecule has 1 atom stereocenters. The molecular formula is C20H31IN4OS. The van der Waals surface area contributed by atoms with Crippen LogP contribution in [0.25, 0.3) is 0 Å². The van der Waals surface area contributed by atoms with E-state index in [2.05, 4.69) is 53.5 Å². The monoisotopic (exact) mass is 502 g/mol. The average molecular weight is 502 g/mol. The number of benzene rings is 1. The summed E-state index contributed by atoms with van der Waals surface area (Å²) in [6.07, 6.45) is 1.97. The molecule has 7 heteroatoms. The molecule has 2 rings (SSSR count). The van der Waals surface area contributed by atoms with E-state index < -0.39 is 0 Å². The molecule has 27 heavy (non-hydrogen) atoms. The van der Waals surface area contributed by atoms with E-state index in [0.29, 0.717) is 0 Å². The van der Waals surface area contributed by atoms with Crippen molar-refractivity contribution in [3.8, 4) is 0 Å². The molecule has 0 bridgehead atoms. The van der Waals surface area contributed by atoms with Crippen molar-refractivity contribution < 1.29 is 4.74 Å². The minimum Gasteiger partial charge on any atom is -0.374 e. The van der Waals surface area contributed by atoms with E-state index in [4.69, 9.17) is 4.74 Å². The summed E-state index contributed by atoms with van der Waals surface area (Å²) in [5, 5.41) is 7.84. The van der Waals surface area contributed by atoms with E-state index in [-0.39, 0.29) is 30.1 Å². The summed E-state index contributed by atoms with van der Waals surface area (Å²) in [7, 11) is 1.79. The van der Waals surface area contributed by atoms with Crippen LogP contribution in [-0.4, -0.2) is 37.7 Å². The second kappa shape index (κ2) is 13.1. The summed E-state index contributed by atoms with van der Waals surface area (Å²) in [5.74, 6) is 0.825. The first kappa shape index (κ1) is 23.8. The molecule has 1 aromatic carbocycles. The quantitative estimate of drug-likeness (QED) is 0.233. The van der Waals surface area contributed by atoms with Gasteiger partial charge in [-0.1, -0.05) is 30.3 Å². The molecule has 2 N–H and O–H groups in total. The van der Waals surface area contributed by atoms with Gasteiger partial charge in [0.25, 0.3) is 0 Å². The number of hydrogen-bond acceptors (Lipinski definition) is 4. The lowest BCUT2D eigenvalue weighted by Crippen LogP contribution is -2.39. The fourth-order valence-electron chi connectivity index (χ4n) is 2.51. The van der Waals surface area contributed by atoms with Crippen molar-refractivity contribution in [3.05, 3.63) is 51.5 Å². The third kappa shape index (κ3) is 8.57. The van der Waals surface area contributed by atoms with Crippen LogP contribution in [0.4, 0.5) is 0 Å². The SMILES string of the molecule is CN=C(NCCCOC(C)c1ccccc1)NCCc1nc(C)c(C)s1.I. The van der Waals surface area contributed by atoms with Crippen molar-refractivity contribution in [3.63, 3.8) is 0 Å². The lowest BCUT2D eigenvalue weighted by molar-refractivity contribution is 0.0646. The third-order valence-electron chi connectivity index (χ3n) is 4.18. The Balaban J connectivity index is 0.00000364. The molecule has 1 unspecified atom stereocenters. The highest BCUT2D eigenvalue weighted by molar-refractivity contribution is 14.0. The van der Waals surface area contributed by atoms with Gasteiger partial charge in [-0.3, -0.25) is 4.99 Å². The van der Waals surface area contributed by atoms with Gasteiger partial charge in [0.15, 0.2) is 5.96 Å². The minimum atomic E-state index is 0. The van der Waals surface area contributed by atoms with Gasteiger partial charge in [0, 0.05) is 38.0 Å². The Morgan fingerprint density at radius 2 is 1.89 bits per heavy atom. The van der Waals surface area contributed by atoms with E-state index >= 15 is 0 Å². The molecule has 0 amide bonds. The molecule has 1 aromatic heterocycles. The summed E-state index contributed by atoms with van der Waals surface area (Å²) in [6.45, 7) is 8.64. The number of halogens is 1. The Bertz CT molecular complexity index is 671. The lowest BCUT2D eigenvalue weighted by Gasteiger charge is -2.14. The summed E-state index contributed by atoms with van der Waals surface area (Å²) in [4.78, 5) is 10.1. The zero-order chi connectivity index (χ0) is 18.8. The number of guanidine groups is 1. The van der Waals surface area contributed by atoms with Crippen LogP contribution < -0.4 is 10.6 Å². The molecule has 0 saturated carbocycles. The molecular weight excluding hydrogens is 471 g/mol. The number of ether oxygens (including phenoxy) is 1. The number of aromatic nitrogens is 1. The number of thiazole rings is 1. The largest absolute Gasteiger partial charge is 0.374 e.